The molecule has 7 heteroatoms. The summed E-state index contributed by atoms with van der Waals surface area (Å²) in [6.07, 6.45) is 0.539. The van der Waals surface area contributed by atoms with Gasteiger partial charge in [0.1, 0.15) is 31.8 Å². The van der Waals surface area contributed by atoms with Crippen molar-refractivity contribution >= 4 is 16.3 Å². The molecule has 2 aromatic heterocycles. The standard InChI is InChI=1S/C13H18N4O2S/c1-8-4-12(18)17-13(14-8)20-11(15-17)7-16-5-9(2)19-10(3)6-16/h4,9-10H,5-7H2,1-3H3/p+1/t9-,10-/m1/s1. The Bertz CT molecular complexity index is 671. The molecule has 0 bridgehead atoms. The van der Waals surface area contributed by atoms with Gasteiger partial charge in [-0.05, 0) is 20.8 Å². The maximum Gasteiger partial charge on any atom is 0.275 e. The molecule has 1 N–H and O–H groups in total. The van der Waals surface area contributed by atoms with Crippen LogP contribution < -0.4 is 10.5 Å². The van der Waals surface area contributed by atoms with Gasteiger partial charge in [0.2, 0.25) is 4.96 Å². The predicted octanol–water partition coefficient (Wildman–Crippen LogP) is -0.348. The van der Waals surface area contributed by atoms with E-state index in [2.05, 4.69) is 23.9 Å². The smallest absolute Gasteiger partial charge is 0.275 e. The highest BCUT2D eigenvalue weighted by Gasteiger charge is 2.26. The van der Waals surface area contributed by atoms with Crippen LogP contribution in [0.25, 0.3) is 4.96 Å². The highest BCUT2D eigenvalue weighted by atomic mass is 32.1. The van der Waals surface area contributed by atoms with E-state index < -0.39 is 0 Å². The Morgan fingerprint density at radius 1 is 1.45 bits per heavy atom. The van der Waals surface area contributed by atoms with Crippen LogP contribution >= 0.6 is 11.3 Å². The Morgan fingerprint density at radius 3 is 2.85 bits per heavy atom. The molecular formula is C13H19N4O2S+. The second-order valence-corrected chi connectivity index (χ2v) is 6.56. The molecule has 0 saturated carbocycles. The summed E-state index contributed by atoms with van der Waals surface area (Å²) in [4.78, 5) is 18.3. The Hall–Kier alpha value is -1.31. The number of aryl methyl sites for hydroxylation is 1. The number of aromatic nitrogens is 3. The normalized spacial score (nSPS) is 27.1. The van der Waals surface area contributed by atoms with Crippen LogP contribution in [0.5, 0.6) is 0 Å². The van der Waals surface area contributed by atoms with E-state index in [9.17, 15) is 4.79 Å². The number of nitrogens with one attached hydrogen (secondary N) is 1. The summed E-state index contributed by atoms with van der Waals surface area (Å²) < 4.78 is 7.14. The van der Waals surface area contributed by atoms with Gasteiger partial charge in [-0.1, -0.05) is 11.3 Å². The molecule has 6 nitrogen and oxygen atoms in total. The van der Waals surface area contributed by atoms with E-state index in [1.54, 1.807) is 0 Å². The molecule has 0 aromatic carbocycles. The number of hydrogen-bond donors (Lipinski definition) is 1. The van der Waals surface area contributed by atoms with Gasteiger partial charge in [-0.25, -0.2) is 4.98 Å². The van der Waals surface area contributed by atoms with Gasteiger partial charge >= 0.3 is 0 Å². The SMILES string of the molecule is Cc1cc(=O)n2nc(C[NH+]3C[C@@H](C)O[C@H](C)C3)sc2n1. The molecule has 20 heavy (non-hydrogen) atoms. The number of nitrogens with zero attached hydrogens (tertiary/aromatic N) is 3. The molecule has 0 radical (unpaired) electrons. The van der Waals surface area contributed by atoms with Crippen molar-refractivity contribution in [2.75, 3.05) is 13.1 Å². The molecule has 1 fully saturated rings. The fourth-order valence-corrected chi connectivity index (χ4v) is 3.80. The maximum absolute atomic E-state index is 11.8. The van der Waals surface area contributed by atoms with Crippen molar-refractivity contribution in [3.8, 4) is 0 Å². The van der Waals surface area contributed by atoms with Gasteiger partial charge in [-0.15, -0.1) is 0 Å². The monoisotopic (exact) mass is 295 g/mol. The van der Waals surface area contributed by atoms with Gasteiger partial charge in [-0.3, -0.25) is 4.79 Å². The Kier molecular flexibility index (Phi) is 3.57. The average Bonchev–Trinajstić information content (AvgIpc) is 2.70. The topological polar surface area (TPSA) is 60.9 Å². The first-order valence-electron chi connectivity index (χ1n) is 6.86. The third-order valence-electron chi connectivity index (χ3n) is 3.43. The summed E-state index contributed by atoms with van der Waals surface area (Å²) in [6, 6.07) is 1.52. The lowest BCUT2D eigenvalue weighted by Crippen LogP contribution is -3.14. The lowest BCUT2D eigenvalue weighted by atomic mass is 10.2. The van der Waals surface area contributed by atoms with Crippen LogP contribution in [0.3, 0.4) is 0 Å². The fraction of sp³-hybridized carbons (Fsp3) is 0.615. The summed E-state index contributed by atoms with van der Waals surface area (Å²) in [6.45, 7) is 8.80. The maximum atomic E-state index is 11.8. The van der Waals surface area contributed by atoms with Crippen molar-refractivity contribution in [1.82, 2.24) is 14.6 Å². The van der Waals surface area contributed by atoms with Crippen molar-refractivity contribution < 1.29 is 9.64 Å². The second kappa shape index (κ2) is 5.23. The lowest BCUT2D eigenvalue weighted by molar-refractivity contribution is -0.928. The van der Waals surface area contributed by atoms with Crippen molar-refractivity contribution in [1.29, 1.82) is 0 Å². The predicted molar refractivity (Wildman–Crippen MR) is 76.3 cm³/mol. The largest absolute Gasteiger partial charge is 0.364 e. The first kappa shape index (κ1) is 13.7. The molecule has 2 atom stereocenters. The van der Waals surface area contributed by atoms with Crippen molar-refractivity contribution in [2.45, 2.75) is 39.5 Å². The van der Waals surface area contributed by atoms with Crippen molar-refractivity contribution in [3.63, 3.8) is 0 Å². The molecule has 1 aliphatic rings. The summed E-state index contributed by atoms with van der Waals surface area (Å²) >= 11 is 1.50. The second-order valence-electron chi connectivity index (χ2n) is 5.52. The van der Waals surface area contributed by atoms with E-state index in [1.807, 2.05) is 6.92 Å². The number of ether oxygens (including phenoxy) is 1. The van der Waals surface area contributed by atoms with E-state index in [4.69, 9.17) is 4.74 Å². The fourth-order valence-electron chi connectivity index (χ4n) is 2.78. The highest BCUT2D eigenvalue weighted by Crippen LogP contribution is 2.10. The van der Waals surface area contributed by atoms with Crippen LogP contribution in [0.4, 0.5) is 0 Å². The van der Waals surface area contributed by atoms with Crippen LogP contribution in [0.2, 0.25) is 0 Å². The Labute approximate surface area is 121 Å². The van der Waals surface area contributed by atoms with Gasteiger partial charge in [-0.2, -0.15) is 9.61 Å². The highest BCUT2D eigenvalue weighted by molar-refractivity contribution is 7.16. The summed E-state index contributed by atoms with van der Waals surface area (Å²) in [7, 11) is 0. The van der Waals surface area contributed by atoms with Crippen LogP contribution in [0, 0.1) is 6.92 Å². The quantitative estimate of drug-likeness (QED) is 0.823. The van der Waals surface area contributed by atoms with Gasteiger partial charge in [0, 0.05) is 11.8 Å². The molecule has 0 amide bonds. The molecule has 3 rings (SSSR count). The number of quaternary nitrogens is 1. The number of fused-ring (bicyclic) bond motifs is 1. The van der Waals surface area contributed by atoms with Gasteiger partial charge in [0.15, 0.2) is 5.01 Å². The number of rotatable bonds is 2. The van der Waals surface area contributed by atoms with E-state index in [0.29, 0.717) is 4.96 Å². The van der Waals surface area contributed by atoms with E-state index in [-0.39, 0.29) is 17.8 Å². The molecule has 3 heterocycles. The molecular weight excluding hydrogens is 276 g/mol. The van der Waals surface area contributed by atoms with Gasteiger partial charge in [0.05, 0.1) is 0 Å². The lowest BCUT2D eigenvalue weighted by Gasteiger charge is -2.31. The first-order chi connectivity index (χ1) is 9.51. The van der Waals surface area contributed by atoms with Gasteiger partial charge < -0.3 is 9.64 Å². The molecule has 1 aliphatic heterocycles. The molecule has 2 aromatic rings. The van der Waals surface area contributed by atoms with Crippen LogP contribution in [0.15, 0.2) is 10.9 Å². The van der Waals surface area contributed by atoms with Crippen LogP contribution in [0.1, 0.15) is 24.5 Å². The van der Waals surface area contributed by atoms with Crippen LogP contribution in [-0.2, 0) is 11.3 Å². The van der Waals surface area contributed by atoms with E-state index in [0.717, 1.165) is 30.3 Å². The molecule has 0 aliphatic carbocycles. The summed E-state index contributed by atoms with van der Waals surface area (Å²) in [5.74, 6) is 0. The minimum Gasteiger partial charge on any atom is -0.364 e. The van der Waals surface area contributed by atoms with E-state index in [1.165, 1.54) is 26.8 Å². The van der Waals surface area contributed by atoms with Crippen molar-refractivity contribution in [2.24, 2.45) is 0 Å². The minimum absolute atomic E-state index is 0.103. The van der Waals surface area contributed by atoms with Crippen molar-refractivity contribution in [3.05, 3.63) is 27.1 Å². The Balaban J connectivity index is 1.84. The summed E-state index contributed by atoms with van der Waals surface area (Å²) in [5, 5.41) is 5.35. The zero-order valence-corrected chi connectivity index (χ0v) is 12.7. The minimum atomic E-state index is -0.103. The number of morpholine rings is 1. The molecule has 0 unspecified atom stereocenters. The zero-order valence-electron chi connectivity index (χ0n) is 11.9. The molecule has 108 valence electrons. The third kappa shape index (κ3) is 2.74. The van der Waals surface area contributed by atoms with E-state index >= 15 is 0 Å². The summed E-state index contributed by atoms with van der Waals surface area (Å²) in [5.41, 5.74) is 0.639. The van der Waals surface area contributed by atoms with Crippen LogP contribution in [-0.4, -0.2) is 39.9 Å². The third-order valence-corrected chi connectivity index (χ3v) is 4.34. The van der Waals surface area contributed by atoms with Gasteiger partial charge in [0.25, 0.3) is 5.56 Å². The molecule has 0 spiro atoms. The molecule has 1 saturated heterocycles. The number of hydrogen-bond acceptors (Lipinski definition) is 5. The Morgan fingerprint density at radius 2 is 2.15 bits per heavy atom. The first-order valence-corrected chi connectivity index (χ1v) is 7.68. The average molecular weight is 295 g/mol. The zero-order chi connectivity index (χ0) is 14.3.